The monoisotopic (exact) mass is 259 g/mol. The van der Waals surface area contributed by atoms with E-state index in [1.165, 1.54) is 0 Å². The molecule has 1 aliphatic rings. The van der Waals surface area contributed by atoms with Crippen molar-refractivity contribution < 1.29 is 8.42 Å². The first-order valence-corrected chi connectivity index (χ1v) is 7.12. The molecule has 1 unspecified atom stereocenters. The molecule has 0 saturated heterocycles. The van der Waals surface area contributed by atoms with Gasteiger partial charge in [0.25, 0.3) is 0 Å². The van der Waals surface area contributed by atoms with Crippen molar-refractivity contribution >= 4 is 27.1 Å². The summed E-state index contributed by atoms with van der Waals surface area (Å²) in [6.45, 7) is 4.29. The molecule has 0 saturated carbocycles. The van der Waals surface area contributed by atoms with Crippen LogP contribution in [0.4, 0.5) is 5.69 Å². The molecule has 1 heterocycles. The molecule has 3 nitrogen and oxygen atoms in total. The van der Waals surface area contributed by atoms with Crippen molar-refractivity contribution in [3.8, 4) is 0 Å². The SMILES string of the molecule is CC(C)C1CNc2cc(Cl)ccc2S1(=O)=O. The molecule has 1 aromatic rings. The van der Waals surface area contributed by atoms with E-state index in [0.717, 1.165) is 0 Å². The molecule has 0 fully saturated rings. The number of nitrogens with one attached hydrogen (secondary N) is 1. The lowest BCUT2D eigenvalue weighted by Gasteiger charge is -2.28. The second-order valence-electron chi connectivity index (χ2n) is 4.35. The molecule has 0 amide bonds. The summed E-state index contributed by atoms with van der Waals surface area (Å²) in [7, 11) is -3.22. The normalized spacial score (nSPS) is 22.6. The van der Waals surface area contributed by atoms with Gasteiger partial charge in [-0.05, 0) is 24.1 Å². The van der Waals surface area contributed by atoms with Crippen LogP contribution >= 0.6 is 11.6 Å². The maximum atomic E-state index is 12.3. The van der Waals surface area contributed by atoms with E-state index >= 15 is 0 Å². The van der Waals surface area contributed by atoms with Crippen LogP contribution in [-0.4, -0.2) is 20.2 Å². The molecule has 1 N–H and O–H groups in total. The fourth-order valence-electron chi connectivity index (χ4n) is 1.97. The Morgan fingerprint density at radius 2 is 2.12 bits per heavy atom. The fourth-order valence-corrected chi connectivity index (χ4v) is 4.18. The van der Waals surface area contributed by atoms with E-state index in [1.54, 1.807) is 18.2 Å². The number of fused-ring (bicyclic) bond motifs is 1. The summed E-state index contributed by atoms with van der Waals surface area (Å²) in [4.78, 5) is 0.363. The van der Waals surface area contributed by atoms with Crippen LogP contribution in [-0.2, 0) is 9.84 Å². The van der Waals surface area contributed by atoms with E-state index in [0.29, 0.717) is 22.2 Å². The highest BCUT2D eigenvalue weighted by atomic mass is 35.5. The molecular weight excluding hydrogens is 246 g/mol. The maximum Gasteiger partial charge on any atom is 0.185 e. The number of hydrogen-bond acceptors (Lipinski definition) is 3. The third kappa shape index (κ3) is 1.80. The third-order valence-corrected chi connectivity index (χ3v) is 5.60. The number of halogens is 1. The van der Waals surface area contributed by atoms with Gasteiger partial charge >= 0.3 is 0 Å². The van der Waals surface area contributed by atoms with Gasteiger partial charge in [-0.3, -0.25) is 0 Å². The third-order valence-electron chi connectivity index (χ3n) is 2.88. The Kier molecular flexibility index (Phi) is 2.88. The van der Waals surface area contributed by atoms with Gasteiger partial charge in [-0.2, -0.15) is 0 Å². The zero-order chi connectivity index (χ0) is 11.9. The van der Waals surface area contributed by atoms with Crippen molar-refractivity contribution in [2.45, 2.75) is 24.0 Å². The molecule has 1 aliphatic heterocycles. The van der Waals surface area contributed by atoms with E-state index in [-0.39, 0.29) is 11.2 Å². The minimum atomic E-state index is -3.22. The highest BCUT2D eigenvalue weighted by Crippen LogP contribution is 2.34. The molecule has 16 heavy (non-hydrogen) atoms. The van der Waals surface area contributed by atoms with Crippen LogP contribution < -0.4 is 5.32 Å². The molecule has 0 spiro atoms. The average Bonchev–Trinajstić information content (AvgIpc) is 2.15. The largest absolute Gasteiger partial charge is 0.383 e. The van der Waals surface area contributed by atoms with Crippen LogP contribution in [0.5, 0.6) is 0 Å². The van der Waals surface area contributed by atoms with E-state index < -0.39 is 9.84 Å². The van der Waals surface area contributed by atoms with Gasteiger partial charge < -0.3 is 5.32 Å². The van der Waals surface area contributed by atoms with Crippen molar-refractivity contribution in [3.63, 3.8) is 0 Å². The molecule has 1 aromatic carbocycles. The summed E-state index contributed by atoms with van der Waals surface area (Å²) in [6, 6.07) is 4.85. The number of anilines is 1. The zero-order valence-electron chi connectivity index (χ0n) is 9.20. The summed E-state index contributed by atoms with van der Waals surface area (Å²) in [5, 5.41) is 3.31. The van der Waals surface area contributed by atoms with Crippen LogP contribution in [0.2, 0.25) is 5.02 Å². The van der Waals surface area contributed by atoms with E-state index in [2.05, 4.69) is 5.32 Å². The summed E-state index contributed by atoms with van der Waals surface area (Å²) < 4.78 is 24.5. The second-order valence-corrected chi connectivity index (χ2v) is 6.92. The Morgan fingerprint density at radius 3 is 2.75 bits per heavy atom. The van der Waals surface area contributed by atoms with Crippen molar-refractivity contribution in [2.75, 3.05) is 11.9 Å². The van der Waals surface area contributed by atoms with Crippen LogP contribution in [0.3, 0.4) is 0 Å². The van der Waals surface area contributed by atoms with Crippen LogP contribution in [0, 0.1) is 5.92 Å². The van der Waals surface area contributed by atoms with E-state index in [1.807, 2.05) is 13.8 Å². The van der Waals surface area contributed by atoms with Gasteiger partial charge in [0.15, 0.2) is 9.84 Å². The predicted molar refractivity (Wildman–Crippen MR) is 65.8 cm³/mol. The standard InChI is InChI=1S/C11H14ClNO2S/c1-7(2)11-6-13-9-5-8(12)3-4-10(9)16(11,14)15/h3-5,7,11,13H,6H2,1-2H3. The lowest BCUT2D eigenvalue weighted by Crippen LogP contribution is -2.38. The van der Waals surface area contributed by atoms with Crippen molar-refractivity contribution in [2.24, 2.45) is 5.92 Å². The summed E-state index contributed by atoms with van der Waals surface area (Å²) in [6.07, 6.45) is 0. The Bertz CT molecular complexity index is 511. The van der Waals surface area contributed by atoms with Crippen LogP contribution in [0.15, 0.2) is 23.1 Å². The van der Waals surface area contributed by atoms with Gasteiger partial charge in [-0.15, -0.1) is 0 Å². The highest BCUT2D eigenvalue weighted by Gasteiger charge is 2.35. The van der Waals surface area contributed by atoms with Gasteiger partial charge in [-0.1, -0.05) is 25.4 Å². The van der Waals surface area contributed by atoms with Crippen molar-refractivity contribution in [1.29, 1.82) is 0 Å². The molecule has 2 rings (SSSR count). The van der Waals surface area contributed by atoms with Gasteiger partial charge in [0.05, 0.1) is 15.8 Å². The Balaban J connectivity index is 2.56. The number of hydrogen-bond donors (Lipinski definition) is 1. The van der Waals surface area contributed by atoms with E-state index in [4.69, 9.17) is 11.6 Å². The Hall–Kier alpha value is -0.740. The summed E-state index contributed by atoms with van der Waals surface area (Å²) in [5.41, 5.74) is 0.615. The molecule has 0 bridgehead atoms. The fraction of sp³-hybridized carbons (Fsp3) is 0.455. The molecule has 0 aromatic heterocycles. The molecule has 0 aliphatic carbocycles. The first kappa shape index (κ1) is 11.7. The Morgan fingerprint density at radius 1 is 1.44 bits per heavy atom. The topological polar surface area (TPSA) is 46.2 Å². The first-order chi connectivity index (χ1) is 7.43. The van der Waals surface area contributed by atoms with E-state index in [9.17, 15) is 8.42 Å². The smallest absolute Gasteiger partial charge is 0.185 e. The van der Waals surface area contributed by atoms with Crippen molar-refractivity contribution in [3.05, 3.63) is 23.2 Å². The highest BCUT2D eigenvalue weighted by molar-refractivity contribution is 7.92. The minimum absolute atomic E-state index is 0.0985. The van der Waals surface area contributed by atoms with Crippen LogP contribution in [0.1, 0.15) is 13.8 Å². The number of benzene rings is 1. The predicted octanol–water partition coefficient (Wildman–Crippen LogP) is 2.56. The summed E-state index contributed by atoms with van der Waals surface area (Å²) in [5.74, 6) is 0.0985. The van der Waals surface area contributed by atoms with Gasteiger partial charge in [0.1, 0.15) is 0 Å². The molecule has 1 atom stereocenters. The van der Waals surface area contributed by atoms with Crippen molar-refractivity contribution in [1.82, 2.24) is 0 Å². The number of sulfone groups is 1. The Labute approximate surface area is 101 Å². The zero-order valence-corrected chi connectivity index (χ0v) is 10.8. The molecule has 5 heteroatoms. The van der Waals surface area contributed by atoms with Gasteiger partial charge in [0.2, 0.25) is 0 Å². The van der Waals surface area contributed by atoms with Gasteiger partial charge in [0, 0.05) is 11.6 Å². The van der Waals surface area contributed by atoms with Gasteiger partial charge in [-0.25, -0.2) is 8.42 Å². The first-order valence-electron chi connectivity index (χ1n) is 5.20. The molecular formula is C11H14ClNO2S. The lowest BCUT2D eigenvalue weighted by molar-refractivity contribution is 0.533. The van der Waals surface area contributed by atoms with Crippen LogP contribution in [0.25, 0.3) is 0 Å². The molecule has 0 radical (unpaired) electrons. The summed E-state index contributed by atoms with van der Waals surface area (Å²) >= 11 is 5.83. The second kappa shape index (κ2) is 3.93. The quantitative estimate of drug-likeness (QED) is 0.843. The maximum absolute atomic E-state index is 12.3. The lowest BCUT2D eigenvalue weighted by atomic mass is 10.1. The average molecular weight is 260 g/mol. The number of rotatable bonds is 1. The molecule has 88 valence electrons. The minimum Gasteiger partial charge on any atom is -0.383 e.